The highest BCUT2D eigenvalue weighted by Gasteiger charge is 2.59. The van der Waals surface area contributed by atoms with Crippen LogP contribution in [0.2, 0.25) is 10.0 Å². The second kappa shape index (κ2) is 6.83. The summed E-state index contributed by atoms with van der Waals surface area (Å²) >= 11 is 11.8. The van der Waals surface area contributed by atoms with Crippen molar-refractivity contribution >= 4 is 50.8 Å². The van der Waals surface area contributed by atoms with Gasteiger partial charge in [0, 0.05) is 5.02 Å². The first-order valence-corrected chi connectivity index (χ1v) is 11.5. The van der Waals surface area contributed by atoms with E-state index in [1.807, 2.05) is 12.2 Å². The van der Waals surface area contributed by atoms with Gasteiger partial charge in [0.15, 0.2) is 0 Å². The molecule has 3 aliphatic rings. The fourth-order valence-electron chi connectivity index (χ4n) is 4.65. The zero-order chi connectivity index (χ0) is 21.2. The topological polar surface area (TPSA) is 80.8 Å². The van der Waals surface area contributed by atoms with Crippen LogP contribution in [0.1, 0.15) is 6.42 Å². The molecule has 6 nitrogen and oxygen atoms in total. The normalized spacial score (nSPS) is 27.1. The molecule has 0 radical (unpaired) electrons. The fraction of sp³-hybridized carbons (Fsp3) is 0.238. The highest BCUT2D eigenvalue weighted by Crippen LogP contribution is 2.53. The summed E-state index contributed by atoms with van der Waals surface area (Å²) in [7, 11) is -4.21. The third kappa shape index (κ3) is 2.95. The molecule has 2 fully saturated rings. The molecular formula is C21H15Cl2NO5S. The summed E-state index contributed by atoms with van der Waals surface area (Å²) in [6.07, 6.45) is 4.92. The highest BCUT2D eigenvalue weighted by molar-refractivity contribution is 7.87. The van der Waals surface area contributed by atoms with Crippen LogP contribution < -0.4 is 9.08 Å². The number of amides is 2. The maximum atomic E-state index is 12.9. The van der Waals surface area contributed by atoms with Gasteiger partial charge in [0.1, 0.15) is 10.6 Å². The lowest BCUT2D eigenvalue weighted by molar-refractivity contribution is -0.123. The van der Waals surface area contributed by atoms with Crippen LogP contribution in [0.25, 0.3) is 0 Å². The second-order valence-electron chi connectivity index (χ2n) is 7.62. The second-order valence-corrected chi connectivity index (χ2v) is 9.98. The number of anilines is 1. The van der Waals surface area contributed by atoms with Gasteiger partial charge in [0.05, 0.1) is 22.5 Å². The van der Waals surface area contributed by atoms with Crippen LogP contribution in [0.15, 0.2) is 59.5 Å². The first-order chi connectivity index (χ1) is 14.3. The minimum Gasteiger partial charge on any atom is -0.379 e. The van der Waals surface area contributed by atoms with Gasteiger partial charge in [-0.15, -0.1) is 0 Å². The van der Waals surface area contributed by atoms with Crippen LogP contribution in [-0.2, 0) is 19.7 Å². The van der Waals surface area contributed by atoms with Gasteiger partial charge in [-0.2, -0.15) is 8.42 Å². The Hall–Kier alpha value is -2.35. The zero-order valence-corrected chi connectivity index (χ0v) is 17.7. The molecule has 0 unspecified atom stereocenters. The molecule has 154 valence electrons. The van der Waals surface area contributed by atoms with Crippen LogP contribution in [0, 0.1) is 23.7 Å². The van der Waals surface area contributed by atoms with E-state index < -0.39 is 10.1 Å². The molecule has 2 aliphatic carbocycles. The summed E-state index contributed by atoms with van der Waals surface area (Å²) in [6.45, 7) is 0. The van der Waals surface area contributed by atoms with E-state index in [9.17, 15) is 18.0 Å². The number of hydrogen-bond acceptors (Lipinski definition) is 5. The number of imide groups is 1. The zero-order valence-electron chi connectivity index (χ0n) is 15.4. The van der Waals surface area contributed by atoms with Gasteiger partial charge in [-0.3, -0.25) is 14.5 Å². The summed E-state index contributed by atoms with van der Waals surface area (Å²) in [6, 6.07) is 9.83. The fourth-order valence-corrected chi connectivity index (χ4v) is 6.32. The minimum absolute atomic E-state index is 0.0148. The number of carbonyl (C=O) groups is 2. The summed E-state index contributed by atoms with van der Waals surface area (Å²) in [5, 5.41) is 0.191. The predicted molar refractivity (Wildman–Crippen MR) is 111 cm³/mol. The molecular weight excluding hydrogens is 449 g/mol. The Bertz CT molecular complexity index is 1180. The monoisotopic (exact) mass is 463 g/mol. The number of hydrogen-bond donors (Lipinski definition) is 0. The van der Waals surface area contributed by atoms with Crippen molar-refractivity contribution in [3.05, 3.63) is 64.7 Å². The summed E-state index contributed by atoms with van der Waals surface area (Å²) in [4.78, 5) is 26.7. The van der Waals surface area contributed by atoms with Crippen molar-refractivity contribution < 1.29 is 22.2 Å². The molecule has 1 saturated carbocycles. The van der Waals surface area contributed by atoms with E-state index in [1.54, 1.807) is 0 Å². The largest absolute Gasteiger partial charge is 0.379 e. The molecule has 4 atom stereocenters. The molecule has 0 N–H and O–H groups in total. The lowest BCUT2D eigenvalue weighted by Gasteiger charge is -2.17. The van der Waals surface area contributed by atoms with Crippen LogP contribution in [0.4, 0.5) is 5.69 Å². The average Bonchev–Trinajstić information content (AvgIpc) is 3.38. The quantitative estimate of drug-likeness (QED) is 0.387. The molecule has 2 amide bonds. The first kappa shape index (κ1) is 19.6. The van der Waals surface area contributed by atoms with Crippen molar-refractivity contribution in [2.24, 2.45) is 23.7 Å². The Morgan fingerprint density at radius 3 is 2.10 bits per heavy atom. The van der Waals surface area contributed by atoms with Crippen LogP contribution >= 0.6 is 23.2 Å². The molecule has 1 aliphatic heterocycles. The number of benzene rings is 2. The van der Waals surface area contributed by atoms with E-state index in [4.69, 9.17) is 27.4 Å². The van der Waals surface area contributed by atoms with Gasteiger partial charge in [0.25, 0.3) is 0 Å². The van der Waals surface area contributed by atoms with Gasteiger partial charge in [-0.05, 0) is 60.7 Å². The lowest BCUT2D eigenvalue weighted by atomic mass is 9.85. The summed E-state index contributed by atoms with van der Waals surface area (Å²) < 4.78 is 30.2. The Labute approximate surface area is 183 Å². The number of carbonyl (C=O) groups excluding carboxylic acids is 2. The highest BCUT2D eigenvalue weighted by atomic mass is 35.5. The number of allylic oxidation sites excluding steroid dienone is 2. The number of halogens is 2. The van der Waals surface area contributed by atoms with Crippen molar-refractivity contribution in [2.45, 2.75) is 11.3 Å². The maximum absolute atomic E-state index is 12.9. The Kier molecular flexibility index (Phi) is 4.47. The minimum atomic E-state index is -4.21. The van der Waals surface area contributed by atoms with Gasteiger partial charge in [0.2, 0.25) is 11.8 Å². The molecule has 2 bridgehead atoms. The average molecular weight is 464 g/mol. The van der Waals surface area contributed by atoms with E-state index in [-0.39, 0.29) is 56.2 Å². The number of fused-ring (bicyclic) bond motifs is 5. The Balaban J connectivity index is 1.38. The SMILES string of the molecule is O=C1[C@@H]2[C@H](C(=O)N1c1ccc(OS(=O)(=O)c3cc(Cl)ccc3Cl)cc1)[C@H]1C=C[C@@H]2C1. The molecule has 1 saturated heterocycles. The smallest absolute Gasteiger partial charge is 0.340 e. The Morgan fingerprint density at radius 1 is 0.900 bits per heavy atom. The molecule has 1 heterocycles. The number of nitrogens with zero attached hydrogens (tertiary/aromatic N) is 1. The van der Waals surface area contributed by atoms with Gasteiger partial charge < -0.3 is 4.18 Å². The van der Waals surface area contributed by atoms with Crippen LogP contribution in [0.3, 0.4) is 0 Å². The molecule has 2 aromatic rings. The van der Waals surface area contributed by atoms with E-state index in [2.05, 4.69) is 0 Å². The summed E-state index contributed by atoms with van der Waals surface area (Å²) in [5.74, 6) is -0.727. The third-order valence-electron chi connectivity index (χ3n) is 5.93. The molecule has 0 spiro atoms. The van der Waals surface area contributed by atoms with Gasteiger partial charge >= 0.3 is 10.1 Å². The molecule has 0 aromatic heterocycles. The molecule has 9 heteroatoms. The van der Waals surface area contributed by atoms with Crippen LogP contribution in [-0.4, -0.2) is 20.2 Å². The van der Waals surface area contributed by atoms with E-state index in [0.717, 1.165) is 6.42 Å². The van der Waals surface area contributed by atoms with Crippen LogP contribution in [0.5, 0.6) is 5.75 Å². The maximum Gasteiger partial charge on any atom is 0.340 e. The van der Waals surface area contributed by atoms with E-state index in [0.29, 0.717) is 5.69 Å². The van der Waals surface area contributed by atoms with Crippen molar-refractivity contribution in [1.82, 2.24) is 0 Å². The Morgan fingerprint density at radius 2 is 1.50 bits per heavy atom. The third-order valence-corrected chi connectivity index (χ3v) is 7.90. The number of rotatable bonds is 4. The van der Waals surface area contributed by atoms with Crippen molar-refractivity contribution in [1.29, 1.82) is 0 Å². The van der Waals surface area contributed by atoms with E-state index >= 15 is 0 Å². The lowest BCUT2D eigenvalue weighted by Crippen LogP contribution is -2.32. The van der Waals surface area contributed by atoms with Crippen molar-refractivity contribution in [3.63, 3.8) is 0 Å². The summed E-state index contributed by atoms with van der Waals surface area (Å²) in [5.41, 5.74) is 0.393. The van der Waals surface area contributed by atoms with Crippen molar-refractivity contribution in [2.75, 3.05) is 4.90 Å². The van der Waals surface area contributed by atoms with E-state index in [1.165, 1.54) is 47.4 Å². The molecule has 2 aromatic carbocycles. The molecule has 5 rings (SSSR count). The first-order valence-electron chi connectivity index (χ1n) is 9.32. The predicted octanol–water partition coefficient (Wildman–Crippen LogP) is 4.07. The molecule has 30 heavy (non-hydrogen) atoms. The standard InChI is InChI=1S/C21H15Cl2NO5S/c22-13-3-8-16(23)17(10-13)30(27,28)29-15-6-4-14(5-7-15)24-20(25)18-11-1-2-12(9-11)19(18)21(24)26/h1-8,10-12,18-19H,9H2/t11-,12+,18+,19-. The van der Waals surface area contributed by atoms with Gasteiger partial charge in [-0.25, -0.2) is 0 Å². The van der Waals surface area contributed by atoms with Crippen molar-refractivity contribution in [3.8, 4) is 5.75 Å². The van der Waals surface area contributed by atoms with Gasteiger partial charge in [-0.1, -0.05) is 35.4 Å².